The Kier molecular flexibility index (Phi) is 6.77. The van der Waals surface area contributed by atoms with Crippen molar-refractivity contribution in [3.63, 3.8) is 0 Å². The second kappa shape index (κ2) is 9.29. The molecule has 158 valence electrons. The van der Waals surface area contributed by atoms with E-state index >= 15 is 0 Å². The lowest BCUT2D eigenvalue weighted by molar-refractivity contribution is -0.137. The lowest BCUT2D eigenvalue weighted by atomic mass is 10.1. The van der Waals surface area contributed by atoms with Crippen molar-refractivity contribution in [2.24, 2.45) is 5.92 Å². The van der Waals surface area contributed by atoms with Crippen LogP contribution in [0.4, 0.5) is 0 Å². The molecule has 0 spiro atoms. The first kappa shape index (κ1) is 21.1. The van der Waals surface area contributed by atoms with Gasteiger partial charge in [0.2, 0.25) is 11.8 Å². The summed E-state index contributed by atoms with van der Waals surface area (Å²) < 4.78 is 5.60. The van der Waals surface area contributed by atoms with Gasteiger partial charge < -0.3 is 19.4 Å². The molecule has 2 heterocycles. The summed E-state index contributed by atoms with van der Waals surface area (Å²) in [6.07, 6.45) is 1.02. The molecule has 29 heavy (non-hydrogen) atoms. The Hall–Kier alpha value is -2.57. The first-order valence-corrected chi connectivity index (χ1v) is 10.4. The van der Waals surface area contributed by atoms with Crippen LogP contribution in [0.5, 0.6) is 5.75 Å². The number of ether oxygens (including phenoxy) is 1. The van der Waals surface area contributed by atoms with Crippen molar-refractivity contribution in [3.05, 3.63) is 29.8 Å². The maximum Gasteiger partial charge on any atom is 0.260 e. The van der Waals surface area contributed by atoms with E-state index in [1.165, 1.54) is 0 Å². The SMILES string of the molecule is Cc1ccc(OCC(=O)N2CCCN(C(=O)C3CC(=O)N(C(C)C)C3)CC2)cc1. The normalized spacial score (nSPS) is 20.2. The highest BCUT2D eigenvalue weighted by atomic mass is 16.5. The summed E-state index contributed by atoms with van der Waals surface area (Å²) >= 11 is 0. The minimum Gasteiger partial charge on any atom is -0.484 e. The number of hydrogen-bond acceptors (Lipinski definition) is 4. The van der Waals surface area contributed by atoms with E-state index in [0.29, 0.717) is 44.9 Å². The fourth-order valence-corrected chi connectivity index (χ4v) is 3.91. The molecule has 0 radical (unpaired) electrons. The maximum atomic E-state index is 12.9. The number of hydrogen-bond donors (Lipinski definition) is 0. The van der Waals surface area contributed by atoms with Crippen LogP contribution in [0.3, 0.4) is 0 Å². The van der Waals surface area contributed by atoms with Gasteiger partial charge in [0.1, 0.15) is 5.75 Å². The molecule has 0 aliphatic carbocycles. The van der Waals surface area contributed by atoms with Gasteiger partial charge in [-0.15, -0.1) is 0 Å². The van der Waals surface area contributed by atoms with E-state index in [4.69, 9.17) is 4.74 Å². The summed E-state index contributed by atoms with van der Waals surface area (Å²) in [5.74, 6) is 0.431. The Morgan fingerprint density at radius 2 is 1.72 bits per heavy atom. The summed E-state index contributed by atoms with van der Waals surface area (Å²) in [4.78, 5) is 42.9. The molecule has 0 saturated carbocycles. The molecule has 2 fully saturated rings. The van der Waals surface area contributed by atoms with Crippen LogP contribution in [0, 0.1) is 12.8 Å². The van der Waals surface area contributed by atoms with Gasteiger partial charge in [-0.2, -0.15) is 0 Å². The van der Waals surface area contributed by atoms with Crippen molar-refractivity contribution < 1.29 is 19.1 Å². The number of amides is 3. The van der Waals surface area contributed by atoms with Gasteiger partial charge in [0, 0.05) is 45.2 Å². The lowest BCUT2D eigenvalue weighted by Gasteiger charge is -2.25. The highest BCUT2D eigenvalue weighted by Gasteiger charge is 2.37. The van der Waals surface area contributed by atoms with E-state index in [9.17, 15) is 14.4 Å². The Labute approximate surface area is 172 Å². The van der Waals surface area contributed by atoms with Gasteiger partial charge in [0.05, 0.1) is 5.92 Å². The zero-order chi connectivity index (χ0) is 21.0. The van der Waals surface area contributed by atoms with Crippen LogP contribution in [-0.4, -0.2) is 77.8 Å². The monoisotopic (exact) mass is 401 g/mol. The van der Waals surface area contributed by atoms with Crippen LogP contribution >= 0.6 is 0 Å². The van der Waals surface area contributed by atoms with Crippen LogP contribution < -0.4 is 4.74 Å². The second-order valence-corrected chi connectivity index (χ2v) is 8.20. The molecule has 0 N–H and O–H groups in total. The minimum absolute atomic E-state index is 0.00250. The zero-order valence-corrected chi connectivity index (χ0v) is 17.6. The largest absolute Gasteiger partial charge is 0.484 e. The zero-order valence-electron chi connectivity index (χ0n) is 17.6. The quantitative estimate of drug-likeness (QED) is 0.753. The van der Waals surface area contributed by atoms with E-state index in [-0.39, 0.29) is 36.3 Å². The van der Waals surface area contributed by atoms with Gasteiger partial charge in [-0.1, -0.05) is 17.7 Å². The van der Waals surface area contributed by atoms with Crippen molar-refractivity contribution >= 4 is 17.7 Å². The summed E-state index contributed by atoms with van der Waals surface area (Å²) in [5, 5.41) is 0. The van der Waals surface area contributed by atoms with Gasteiger partial charge in [-0.05, 0) is 39.3 Å². The Balaban J connectivity index is 1.49. The molecule has 1 aromatic carbocycles. The Morgan fingerprint density at radius 3 is 2.38 bits per heavy atom. The maximum absolute atomic E-state index is 12.9. The number of benzene rings is 1. The van der Waals surface area contributed by atoms with Crippen LogP contribution in [0.1, 0.15) is 32.3 Å². The molecule has 1 aromatic rings. The van der Waals surface area contributed by atoms with Gasteiger partial charge in [0.15, 0.2) is 6.61 Å². The molecule has 0 aromatic heterocycles. The topological polar surface area (TPSA) is 70.2 Å². The molecule has 3 rings (SSSR count). The summed E-state index contributed by atoms with van der Waals surface area (Å²) in [7, 11) is 0. The molecule has 7 heteroatoms. The third-order valence-corrected chi connectivity index (χ3v) is 5.67. The molecule has 1 atom stereocenters. The van der Waals surface area contributed by atoms with Gasteiger partial charge in [-0.25, -0.2) is 0 Å². The molecule has 7 nitrogen and oxygen atoms in total. The third-order valence-electron chi connectivity index (χ3n) is 5.67. The van der Waals surface area contributed by atoms with Crippen molar-refractivity contribution in [1.82, 2.24) is 14.7 Å². The fourth-order valence-electron chi connectivity index (χ4n) is 3.91. The summed E-state index contributed by atoms with van der Waals surface area (Å²) in [5.41, 5.74) is 1.14. The summed E-state index contributed by atoms with van der Waals surface area (Å²) in [6.45, 7) is 8.67. The van der Waals surface area contributed by atoms with Gasteiger partial charge in [0.25, 0.3) is 5.91 Å². The number of likely N-dealkylation sites (tertiary alicyclic amines) is 1. The van der Waals surface area contributed by atoms with E-state index in [2.05, 4.69) is 0 Å². The Morgan fingerprint density at radius 1 is 1.07 bits per heavy atom. The average Bonchev–Trinajstić information content (AvgIpc) is 2.93. The van der Waals surface area contributed by atoms with Crippen LogP contribution in [0.25, 0.3) is 0 Å². The average molecular weight is 402 g/mol. The highest BCUT2D eigenvalue weighted by molar-refractivity contribution is 5.89. The third kappa shape index (κ3) is 5.28. The molecule has 2 aliphatic rings. The molecule has 3 amide bonds. The van der Waals surface area contributed by atoms with Crippen LogP contribution in [0.2, 0.25) is 0 Å². The predicted molar refractivity (Wildman–Crippen MR) is 109 cm³/mol. The second-order valence-electron chi connectivity index (χ2n) is 8.20. The Bertz CT molecular complexity index is 747. The first-order chi connectivity index (χ1) is 13.8. The molecule has 2 aliphatic heterocycles. The number of nitrogens with zero attached hydrogens (tertiary/aromatic N) is 3. The smallest absolute Gasteiger partial charge is 0.260 e. The predicted octanol–water partition coefficient (Wildman–Crippen LogP) is 1.69. The van der Waals surface area contributed by atoms with E-state index < -0.39 is 0 Å². The van der Waals surface area contributed by atoms with Crippen molar-refractivity contribution in [1.29, 1.82) is 0 Å². The molecular formula is C22H31N3O4. The standard InChI is InChI=1S/C22H31N3O4/c1-16(2)25-14-18(13-20(25)26)22(28)24-10-4-9-23(11-12-24)21(27)15-29-19-7-5-17(3)6-8-19/h5-8,16,18H,4,9-15H2,1-3H3. The number of carbonyl (C=O) groups is 3. The van der Waals surface area contributed by atoms with Crippen molar-refractivity contribution in [2.45, 2.75) is 39.7 Å². The molecule has 0 bridgehead atoms. The molecule has 2 saturated heterocycles. The number of aryl methyl sites for hydroxylation is 1. The van der Waals surface area contributed by atoms with E-state index in [1.807, 2.05) is 49.9 Å². The van der Waals surface area contributed by atoms with Crippen molar-refractivity contribution in [2.75, 3.05) is 39.3 Å². The number of carbonyl (C=O) groups excluding carboxylic acids is 3. The lowest BCUT2D eigenvalue weighted by Crippen LogP contribution is -2.42. The van der Waals surface area contributed by atoms with Gasteiger partial charge >= 0.3 is 0 Å². The fraction of sp³-hybridized carbons (Fsp3) is 0.591. The minimum atomic E-state index is -0.267. The highest BCUT2D eigenvalue weighted by Crippen LogP contribution is 2.23. The first-order valence-electron chi connectivity index (χ1n) is 10.4. The van der Waals surface area contributed by atoms with Gasteiger partial charge in [-0.3, -0.25) is 14.4 Å². The summed E-state index contributed by atoms with van der Waals surface area (Å²) in [6, 6.07) is 7.72. The van der Waals surface area contributed by atoms with E-state index in [0.717, 1.165) is 12.0 Å². The molecule has 1 unspecified atom stereocenters. The van der Waals surface area contributed by atoms with Crippen LogP contribution in [-0.2, 0) is 14.4 Å². The van der Waals surface area contributed by atoms with Crippen LogP contribution in [0.15, 0.2) is 24.3 Å². The van der Waals surface area contributed by atoms with E-state index in [1.54, 1.807) is 9.80 Å². The van der Waals surface area contributed by atoms with Crippen molar-refractivity contribution in [3.8, 4) is 5.75 Å². The molecular weight excluding hydrogens is 370 g/mol. The number of rotatable bonds is 5.